The molecule has 1 aliphatic rings. The van der Waals surface area contributed by atoms with Gasteiger partial charge in [0.2, 0.25) is 0 Å². The average Bonchev–Trinajstić information content (AvgIpc) is 2.63. The second-order valence-corrected chi connectivity index (χ2v) is 4.46. The minimum Gasteiger partial charge on any atom is -0.431 e. The molecule has 0 aromatic heterocycles. The van der Waals surface area contributed by atoms with Gasteiger partial charge in [-0.3, -0.25) is 4.79 Å². The number of unbranched alkanes of at least 4 members (excludes halogenated alkanes) is 2. The molecule has 0 N–H and O–H groups in total. The van der Waals surface area contributed by atoms with Gasteiger partial charge in [0.1, 0.15) is 5.76 Å². The summed E-state index contributed by atoms with van der Waals surface area (Å²) in [5.41, 5.74) is 0. The highest BCUT2D eigenvalue weighted by Crippen LogP contribution is 2.19. The monoisotopic (exact) mass is 210 g/mol. The molecule has 0 spiro atoms. The van der Waals surface area contributed by atoms with Crippen LogP contribution in [0, 0.1) is 5.92 Å². The highest BCUT2D eigenvalue weighted by Gasteiger charge is 2.13. The molecule has 2 nitrogen and oxygen atoms in total. The van der Waals surface area contributed by atoms with Gasteiger partial charge in [0.05, 0.1) is 6.42 Å². The highest BCUT2D eigenvalue weighted by molar-refractivity contribution is 5.75. The van der Waals surface area contributed by atoms with Gasteiger partial charge in [0.15, 0.2) is 0 Å². The van der Waals surface area contributed by atoms with E-state index in [0.29, 0.717) is 6.42 Å². The molecule has 0 unspecified atom stereocenters. The number of carbonyl (C=O) groups excluding carboxylic acids is 1. The lowest BCUT2D eigenvalue weighted by atomic mass is 10.0. The normalized spacial score (nSPS) is 17.5. The maximum atomic E-state index is 10.8. The van der Waals surface area contributed by atoms with Crippen LogP contribution in [0.2, 0.25) is 0 Å². The first-order valence-corrected chi connectivity index (χ1v) is 6.12. The molecule has 1 atom stereocenters. The van der Waals surface area contributed by atoms with E-state index in [1.165, 1.54) is 25.7 Å². The van der Waals surface area contributed by atoms with Gasteiger partial charge in [-0.2, -0.15) is 0 Å². The summed E-state index contributed by atoms with van der Waals surface area (Å²) in [6.07, 6.45) is 9.63. The predicted octanol–water partition coefficient (Wildman–Crippen LogP) is 3.81. The number of esters is 1. The van der Waals surface area contributed by atoms with Gasteiger partial charge in [-0.05, 0) is 18.4 Å². The first-order chi connectivity index (χ1) is 7.22. The molecule has 0 bridgehead atoms. The van der Waals surface area contributed by atoms with Crippen LogP contribution in [0.25, 0.3) is 0 Å². The van der Waals surface area contributed by atoms with Crippen molar-refractivity contribution in [2.75, 3.05) is 0 Å². The average molecular weight is 210 g/mol. The van der Waals surface area contributed by atoms with Crippen molar-refractivity contribution >= 4 is 5.97 Å². The number of cyclic esters (lactones) is 1. The number of carbonyl (C=O) groups is 1. The molecule has 0 saturated heterocycles. The van der Waals surface area contributed by atoms with Crippen molar-refractivity contribution in [2.45, 2.75) is 58.8 Å². The maximum Gasteiger partial charge on any atom is 0.314 e. The molecule has 0 aromatic rings. The van der Waals surface area contributed by atoms with Crippen LogP contribution in [-0.2, 0) is 9.53 Å². The van der Waals surface area contributed by atoms with Gasteiger partial charge in [0.25, 0.3) is 0 Å². The molecule has 86 valence electrons. The fourth-order valence-electron chi connectivity index (χ4n) is 1.75. The van der Waals surface area contributed by atoms with Crippen LogP contribution in [0.4, 0.5) is 0 Å². The van der Waals surface area contributed by atoms with Crippen molar-refractivity contribution in [2.24, 2.45) is 5.92 Å². The van der Waals surface area contributed by atoms with Crippen molar-refractivity contribution in [3.05, 3.63) is 11.8 Å². The number of ether oxygens (including phenoxy) is 1. The minimum atomic E-state index is -0.0930. The van der Waals surface area contributed by atoms with E-state index in [1.54, 1.807) is 0 Å². The summed E-state index contributed by atoms with van der Waals surface area (Å²) in [5, 5.41) is 0. The number of hydrogen-bond acceptors (Lipinski definition) is 2. The fourth-order valence-corrected chi connectivity index (χ4v) is 1.75. The lowest BCUT2D eigenvalue weighted by molar-refractivity contribution is -0.136. The Morgan fingerprint density at radius 1 is 1.40 bits per heavy atom. The lowest BCUT2D eigenvalue weighted by Gasteiger charge is -2.07. The Morgan fingerprint density at radius 3 is 2.80 bits per heavy atom. The Bertz CT molecular complexity index is 231. The Balaban J connectivity index is 1.95. The van der Waals surface area contributed by atoms with Crippen molar-refractivity contribution in [1.29, 1.82) is 0 Å². The molecule has 2 heteroatoms. The van der Waals surface area contributed by atoms with Crippen LogP contribution in [0.15, 0.2) is 11.8 Å². The van der Waals surface area contributed by atoms with Crippen LogP contribution < -0.4 is 0 Å². The van der Waals surface area contributed by atoms with Gasteiger partial charge in [-0.25, -0.2) is 0 Å². The van der Waals surface area contributed by atoms with E-state index in [9.17, 15) is 4.79 Å². The maximum absolute atomic E-state index is 10.8. The van der Waals surface area contributed by atoms with E-state index in [1.807, 2.05) is 6.08 Å². The van der Waals surface area contributed by atoms with Gasteiger partial charge in [0, 0.05) is 6.42 Å². The summed E-state index contributed by atoms with van der Waals surface area (Å²) in [4.78, 5) is 10.8. The van der Waals surface area contributed by atoms with Gasteiger partial charge in [-0.1, -0.05) is 39.5 Å². The molecule has 0 aromatic carbocycles. The first kappa shape index (κ1) is 12.3. The quantitative estimate of drug-likeness (QED) is 0.471. The van der Waals surface area contributed by atoms with Crippen molar-refractivity contribution < 1.29 is 9.53 Å². The highest BCUT2D eigenvalue weighted by atomic mass is 16.5. The predicted molar refractivity (Wildman–Crippen MR) is 61.3 cm³/mol. The Labute approximate surface area is 92.7 Å². The molecule has 0 amide bonds. The molecule has 0 aliphatic carbocycles. The van der Waals surface area contributed by atoms with E-state index in [4.69, 9.17) is 4.74 Å². The van der Waals surface area contributed by atoms with Gasteiger partial charge >= 0.3 is 5.97 Å². The fraction of sp³-hybridized carbons (Fsp3) is 0.769. The number of hydrogen-bond donors (Lipinski definition) is 0. The van der Waals surface area contributed by atoms with Crippen LogP contribution in [0.3, 0.4) is 0 Å². The van der Waals surface area contributed by atoms with Gasteiger partial charge < -0.3 is 4.74 Å². The molecule has 0 fully saturated rings. The van der Waals surface area contributed by atoms with Crippen LogP contribution >= 0.6 is 0 Å². The standard InChI is InChI=1S/C13H22O2/c1-3-11(2)7-5-4-6-8-12-9-10-13(14)15-12/h9,11H,3-8,10H2,1-2H3/t11-/m1/s1. The number of rotatable bonds is 7. The summed E-state index contributed by atoms with van der Waals surface area (Å²) in [6, 6.07) is 0. The summed E-state index contributed by atoms with van der Waals surface area (Å²) in [7, 11) is 0. The zero-order chi connectivity index (χ0) is 11.1. The van der Waals surface area contributed by atoms with Crippen LogP contribution in [0.5, 0.6) is 0 Å². The van der Waals surface area contributed by atoms with Crippen LogP contribution in [0.1, 0.15) is 58.8 Å². The van der Waals surface area contributed by atoms with Crippen molar-refractivity contribution in [1.82, 2.24) is 0 Å². The zero-order valence-corrected chi connectivity index (χ0v) is 9.92. The first-order valence-electron chi connectivity index (χ1n) is 6.12. The Morgan fingerprint density at radius 2 is 2.20 bits per heavy atom. The Hall–Kier alpha value is -0.790. The molecular formula is C13H22O2. The topological polar surface area (TPSA) is 26.3 Å². The third kappa shape index (κ3) is 5.01. The summed E-state index contributed by atoms with van der Waals surface area (Å²) >= 11 is 0. The van der Waals surface area contributed by atoms with E-state index in [-0.39, 0.29) is 5.97 Å². The third-order valence-electron chi connectivity index (χ3n) is 3.06. The van der Waals surface area contributed by atoms with Crippen molar-refractivity contribution in [3.63, 3.8) is 0 Å². The zero-order valence-electron chi connectivity index (χ0n) is 9.92. The van der Waals surface area contributed by atoms with E-state index < -0.39 is 0 Å². The van der Waals surface area contributed by atoms with E-state index in [2.05, 4.69) is 13.8 Å². The molecule has 0 saturated carbocycles. The minimum absolute atomic E-state index is 0.0930. The molecule has 0 radical (unpaired) electrons. The lowest BCUT2D eigenvalue weighted by Crippen LogP contribution is -1.94. The largest absolute Gasteiger partial charge is 0.431 e. The third-order valence-corrected chi connectivity index (χ3v) is 3.06. The van der Waals surface area contributed by atoms with E-state index >= 15 is 0 Å². The SMILES string of the molecule is CC[C@@H](C)CCCCCC1=CCC(=O)O1. The summed E-state index contributed by atoms with van der Waals surface area (Å²) < 4.78 is 5.03. The molecule has 15 heavy (non-hydrogen) atoms. The Kier molecular flexibility index (Phi) is 5.44. The van der Waals surface area contributed by atoms with E-state index in [0.717, 1.165) is 24.5 Å². The molecule has 1 aliphatic heterocycles. The van der Waals surface area contributed by atoms with Gasteiger partial charge in [-0.15, -0.1) is 0 Å². The summed E-state index contributed by atoms with van der Waals surface area (Å²) in [5.74, 6) is 1.65. The van der Waals surface area contributed by atoms with Crippen molar-refractivity contribution in [3.8, 4) is 0 Å². The van der Waals surface area contributed by atoms with Crippen LogP contribution in [-0.4, -0.2) is 5.97 Å². The molecule has 1 rings (SSSR count). The number of allylic oxidation sites excluding steroid dienone is 1. The molecule has 1 heterocycles. The smallest absolute Gasteiger partial charge is 0.314 e. The molecular weight excluding hydrogens is 188 g/mol. The second-order valence-electron chi connectivity index (χ2n) is 4.46. The second kappa shape index (κ2) is 6.65. The summed E-state index contributed by atoms with van der Waals surface area (Å²) in [6.45, 7) is 4.55.